The van der Waals surface area contributed by atoms with Crippen LogP contribution in [-0.2, 0) is 33.8 Å². The Morgan fingerprint density at radius 1 is 0.898 bits per heavy atom. The molecule has 49 heavy (non-hydrogen) atoms. The number of allylic oxidation sites excluding steroid dienone is 1. The second-order valence-corrected chi connectivity index (χ2v) is 13.3. The fraction of sp³-hybridized carbons (Fsp3) is 0.447. The van der Waals surface area contributed by atoms with E-state index in [9.17, 15) is 29.7 Å². The number of aliphatic hydroxyl groups is 1. The molecule has 0 unspecified atom stereocenters. The smallest absolute Gasteiger partial charge is 0.338 e. The Kier molecular flexibility index (Phi) is 10.4. The standard InChI is InChI=1S/C38H47N5O6/c1-8-10-13-43(7)33(45)14-25-36-24(11-12-34(46)47)20(4)29(41-36)15-27-21(5)26(18-44)32(40-27)16-28-19(3)23(9-2)31(39-28)17-30-22(6)35(38(48)49)37(25)42-30/h15-17,20,24,39-40,44H,8-14,18H2,1-7H3,(H,46,47)(H,48,49)/t20-,24-/m0/s1. The predicted octanol–water partition coefficient (Wildman–Crippen LogP) is 6.55. The first-order valence-corrected chi connectivity index (χ1v) is 17.1. The van der Waals surface area contributed by atoms with Gasteiger partial charge >= 0.3 is 11.9 Å². The van der Waals surface area contributed by atoms with Crippen molar-refractivity contribution < 1.29 is 29.7 Å². The number of carboxylic acids is 2. The molecule has 2 atom stereocenters. The molecule has 260 valence electrons. The van der Waals surface area contributed by atoms with Crippen molar-refractivity contribution in [1.29, 1.82) is 0 Å². The van der Waals surface area contributed by atoms with E-state index in [0.717, 1.165) is 57.2 Å². The number of nitrogens with one attached hydrogen (secondary N) is 2. The van der Waals surface area contributed by atoms with Gasteiger partial charge in [0.25, 0.3) is 0 Å². The van der Waals surface area contributed by atoms with Crippen LogP contribution in [0.15, 0.2) is 18.2 Å². The fourth-order valence-electron chi connectivity index (χ4n) is 7.16. The summed E-state index contributed by atoms with van der Waals surface area (Å²) in [5.41, 5.74) is 9.52. The van der Waals surface area contributed by atoms with Crippen LogP contribution in [0.2, 0.25) is 0 Å². The van der Waals surface area contributed by atoms with Gasteiger partial charge in [0, 0.05) is 70.7 Å². The molecule has 5 rings (SSSR count). The highest BCUT2D eigenvalue weighted by atomic mass is 16.4. The Balaban J connectivity index is 1.98. The van der Waals surface area contributed by atoms with Crippen molar-refractivity contribution in [1.82, 2.24) is 24.8 Å². The van der Waals surface area contributed by atoms with Gasteiger partial charge in [-0.3, -0.25) is 14.6 Å². The second-order valence-electron chi connectivity index (χ2n) is 13.3. The Labute approximate surface area is 286 Å². The van der Waals surface area contributed by atoms with Gasteiger partial charge < -0.3 is 30.2 Å². The second kappa shape index (κ2) is 14.4. The van der Waals surface area contributed by atoms with Crippen LogP contribution < -0.4 is 0 Å². The van der Waals surface area contributed by atoms with Crippen molar-refractivity contribution in [2.24, 2.45) is 0 Å². The van der Waals surface area contributed by atoms with Gasteiger partial charge in [-0.2, -0.15) is 0 Å². The summed E-state index contributed by atoms with van der Waals surface area (Å²) in [6, 6.07) is 5.76. The lowest BCUT2D eigenvalue weighted by Crippen LogP contribution is -2.30. The van der Waals surface area contributed by atoms with Crippen LogP contribution in [0.5, 0.6) is 0 Å². The van der Waals surface area contributed by atoms with Gasteiger partial charge in [-0.15, -0.1) is 0 Å². The summed E-state index contributed by atoms with van der Waals surface area (Å²) in [7, 11) is 1.74. The van der Waals surface area contributed by atoms with E-state index in [4.69, 9.17) is 9.97 Å². The molecule has 3 aromatic rings. The number of carboxylic acid groups (broad SMARTS) is 2. The number of aryl methyl sites for hydroxylation is 3. The number of aromatic nitrogens is 4. The number of hydrogen-bond acceptors (Lipinski definition) is 6. The summed E-state index contributed by atoms with van der Waals surface area (Å²) in [5.74, 6) is -2.98. The average molecular weight is 670 g/mol. The molecule has 0 aliphatic carbocycles. The Morgan fingerprint density at radius 2 is 1.55 bits per heavy atom. The zero-order valence-corrected chi connectivity index (χ0v) is 29.5. The van der Waals surface area contributed by atoms with E-state index < -0.39 is 17.9 Å². The summed E-state index contributed by atoms with van der Waals surface area (Å²) >= 11 is 0. The third-order valence-electron chi connectivity index (χ3n) is 10.3. The van der Waals surface area contributed by atoms with Gasteiger partial charge in [0.15, 0.2) is 0 Å². The normalized spacial score (nSPS) is 15.9. The number of amides is 1. The summed E-state index contributed by atoms with van der Waals surface area (Å²) < 4.78 is 0. The number of fused-ring (bicyclic) bond motifs is 8. The molecule has 5 heterocycles. The Hall–Kier alpha value is -4.77. The molecule has 0 saturated carbocycles. The number of aliphatic carboxylic acids is 2. The van der Waals surface area contributed by atoms with E-state index in [1.54, 1.807) is 18.9 Å². The number of hydrogen-bond donors (Lipinski definition) is 5. The number of aliphatic hydroxyl groups excluding tert-OH is 1. The molecule has 0 spiro atoms. The molecule has 5 N–H and O–H groups in total. The lowest BCUT2D eigenvalue weighted by molar-refractivity contribution is -0.137. The van der Waals surface area contributed by atoms with Crippen LogP contribution in [0.1, 0.15) is 116 Å². The highest BCUT2D eigenvalue weighted by molar-refractivity contribution is 6.24. The molecule has 0 radical (unpaired) electrons. The number of aromatic amines is 2. The van der Waals surface area contributed by atoms with Crippen LogP contribution in [0, 0.1) is 13.8 Å². The SMILES string of the molecule is CCCCN(C)C(=O)Cc1c2nc(cc3[nH]c(cc4[nH]c(cc5nc1[C@@H](CCC(=O)O)[C@@H]5C)c(C)c4CO)c(C)c3CC)C(C)=C2C(=O)O. The minimum Gasteiger partial charge on any atom is -0.481 e. The number of unbranched alkanes of at least 4 members (excludes halogenated alkanes) is 1. The van der Waals surface area contributed by atoms with Crippen LogP contribution >= 0.6 is 0 Å². The lowest BCUT2D eigenvalue weighted by Gasteiger charge is -2.20. The van der Waals surface area contributed by atoms with Gasteiger partial charge in [-0.1, -0.05) is 27.2 Å². The van der Waals surface area contributed by atoms with Gasteiger partial charge in [0.2, 0.25) is 5.91 Å². The molecule has 2 aliphatic rings. The van der Waals surface area contributed by atoms with Crippen molar-refractivity contribution >= 4 is 51.1 Å². The zero-order chi connectivity index (χ0) is 35.7. The zero-order valence-electron chi connectivity index (χ0n) is 29.5. The molecule has 11 nitrogen and oxygen atoms in total. The first-order valence-electron chi connectivity index (χ1n) is 17.1. The van der Waals surface area contributed by atoms with Crippen molar-refractivity contribution in [3.8, 4) is 0 Å². The number of likely N-dealkylation sites (N-methyl/N-ethyl adjacent to an activating group) is 1. The molecule has 0 aromatic carbocycles. The van der Waals surface area contributed by atoms with Gasteiger partial charge in [0.1, 0.15) is 0 Å². The number of nitrogens with zero attached hydrogens (tertiary/aromatic N) is 3. The highest BCUT2D eigenvalue weighted by Crippen LogP contribution is 2.44. The fourth-order valence-corrected chi connectivity index (χ4v) is 7.16. The van der Waals surface area contributed by atoms with Crippen molar-refractivity contribution in [3.63, 3.8) is 0 Å². The molecule has 11 heteroatoms. The molecule has 2 aliphatic heterocycles. The van der Waals surface area contributed by atoms with Gasteiger partial charge in [0.05, 0.1) is 35.7 Å². The molecule has 1 amide bonds. The number of carbonyl (C=O) groups is 3. The summed E-state index contributed by atoms with van der Waals surface area (Å²) in [5, 5.41) is 30.7. The molecule has 8 bridgehead atoms. The topological polar surface area (TPSA) is 172 Å². The third kappa shape index (κ3) is 6.76. The monoisotopic (exact) mass is 669 g/mol. The van der Waals surface area contributed by atoms with Crippen LogP contribution in [0.3, 0.4) is 0 Å². The van der Waals surface area contributed by atoms with Crippen LogP contribution in [0.4, 0.5) is 0 Å². The van der Waals surface area contributed by atoms with E-state index in [2.05, 4.69) is 16.9 Å². The van der Waals surface area contributed by atoms with Crippen LogP contribution in [-0.4, -0.2) is 71.6 Å². The van der Waals surface area contributed by atoms with Crippen molar-refractivity contribution in [2.75, 3.05) is 13.6 Å². The first-order chi connectivity index (χ1) is 23.3. The molecule has 0 fully saturated rings. The van der Waals surface area contributed by atoms with Crippen LogP contribution in [0.25, 0.3) is 33.2 Å². The average Bonchev–Trinajstić information content (AvgIpc) is 3.74. The quantitative estimate of drug-likeness (QED) is 0.153. The van der Waals surface area contributed by atoms with Crippen molar-refractivity contribution in [3.05, 3.63) is 68.8 Å². The molecular weight excluding hydrogens is 622 g/mol. The predicted molar refractivity (Wildman–Crippen MR) is 190 cm³/mol. The number of carbonyl (C=O) groups excluding carboxylic acids is 1. The summed E-state index contributed by atoms with van der Waals surface area (Å²) in [6.45, 7) is 12.1. The molecule has 0 saturated heterocycles. The molecular formula is C38H47N5O6. The number of rotatable bonds is 11. The summed E-state index contributed by atoms with van der Waals surface area (Å²) in [6.07, 6.45) is 2.42. The van der Waals surface area contributed by atoms with E-state index in [1.165, 1.54) is 0 Å². The van der Waals surface area contributed by atoms with E-state index in [1.807, 2.05) is 45.9 Å². The van der Waals surface area contributed by atoms with E-state index in [0.29, 0.717) is 41.2 Å². The number of H-pyrrole nitrogens is 2. The van der Waals surface area contributed by atoms with E-state index >= 15 is 0 Å². The summed E-state index contributed by atoms with van der Waals surface area (Å²) in [4.78, 5) is 57.3. The van der Waals surface area contributed by atoms with Crippen molar-refractivity contribution in [2.45, 2.75) is 98.5 Å². The lowest BCUT2D eigenvalue weighted by atomic mass is 9.84. The minimum absolute atomic E-state index is 0.00415. The van der Waals surface area contributed by atoms with Gasteiger partial charge in [-0.25, -0.2) is 9.78 Å². The largest absolute Gasteiger partial charge is 0.481 e. The maximum Gasteiger partial charge on any atom is 0.338 e. The Morgan fingerprint density at radius 3 is 2.16 bits per heavy atom. The Bertz CT molecular complexity index is 2020. The van der Waals surface area contributed by atoms with E-state index in [-0.39, 0.29) is 49.0 Å². The maximum absolute atomic E-state index is 13.8. The molecule has 3 aromatic heterocycles. The maximum atomic E-state index is 13.8. The first kappa shape index (κ1) is 35.5. The third-order valence-corrected chi connectivity index (χ3v) is 10.3. The minimum atomic E-state index is -1.16. The highest BCUT2D eigenvalue weighted by Gasteiger charge is 2.36. The van der Waals surface area contributed by atoms with Gasteiger partial charge in [-0.05, 0) is 80.5 Å².